The first-order valence-electron chi connectivity index (χ1n) is 9.93. The standard InChI is InChI=1S/C23H29N3O/c1-4-6-19(7-5-2)23(27)24-15-18-10-13-22-20(14-18)16-25-26(22)21-11-8-17(3)9-12-21/h8-14,16,19H,4-7,15H2,1-3H3,(H,24,27). The van der Waals surface area contributed by atoms with Crippen molar-refractivity contribution in [2.45, 2.75) is 53.0 Å². The number of fused-ring (bicyclic) bond motifs is 1. The third kappa shape index (κ3) is 4.57. The molecular weight excluding hydrogens is 334 g/mol. The van der Waals surface area contributed by atoms with Crippen LogP contribution in [0, 0.1) is 12.8 Å². The van der Waals surface area contributed by atoms with Crippen LogP contribution in [0.4, 0.5) is 0 Å². The van der Waals surface area contributed by atoms with E-state index < -0.39 is 0 Å². The van der Waals surface area contributed by atoms with Gasteiger partial charge in [-0.25, -0.2) is 4.68 Å². The third-order valence-corrected chi connectivity index (χ3v) is 5.02. The molecule has 0 unspecified atom stereocenters. The number of hydrogen-bond donors (Lipinski definition) is 1. The summed E-state index contributed by atoms with van der Waals surface area (Å²) in [5, 5.41) is 8.73. The number of aryl methyl sites for hydroxylation is 1. The largest absolute Gasteiger partial charge is 0.352 e. The van der Waals surface area contributed by atoms with E-state index in [0.29, 0.717) is 6.54 Å². The molecule has 0 saturated heterocycles. The van der Waals surface area contributed by atoms with Gasteiger partial charge in [0.2, 0.25) is 5.91 Å². The Morgan fingerprint density at radius 3 is 2.44 bits per heavy atom. The molecule has 3 rings (SSSR count). The van der Waals surface area contributed by atoms with E-state index >= 15 is 0 Å². The Hall–Kier alpha value is -2.62. The molecule has 4 heteroatoms. The van der Waals surface area contributed by atoms with Crippen LogP contribution >= 0.6 is 0 Å². The predicted molar refractivity (Wildman–Crippen MR) is 111 cm³/mol. The molecule has 0 spiro atoms. The number of amides is 1. The number of carbonyl (C=O) groups is 1. The highest BCUT2D eigenvalue weighted by Gasteiger charge is 2.16. The van der Waals surface area contributed by atoms with Gasteiger partial charge in [0.15, 0.2) is 0 Å². The van der Waals surface area contributed by atoms with Gasteiger partial charge in [0.25, 0.3) is 0 Å². The molecule has 0 fully saturated rings. The molecule has 0 bridgehead atoms. The predicted octanol–water partition coefficient (Wildman–Crippen LogP) is 5.17. The van der Waals surface area contributed by atoms with Gasteiger partial charge in [0.05, 0.1) is 17.4 Å². The first-order valence-corrected chi connectivity index (χ1v) is 9.93. The van der Waals surface area contributed by atoms with Crippen molar-refractivity contribution in [1.82, 2.24) is 15.1 Å². The highest BCUT2D eigenvalue weighted by atomic mass is 16.1. The van der Waals surface area contributed by atoms with E-state index in [4.69, 9.17) is 0 Å². The zero-order valence-electron chi connectivity index (χ0n) is 16.5. The van der Waals surface area contributed by atoms with E-state index in [-0.39, 0.29) is 11.8 Å². The van der Waals surface area contributed by atoms with E-state index in [0.717, 1.165) is 47.8 Å². The number of hydrogen-bond acceptors (Lipinski definition) is 2. The molecule has 4 nitrogen and oxygen atoms in total. The SMILES string of the molecule is CCCC(CCC)C(=O)NCc1ccc2c(cnn2-c2ccc(C)cc2)c1. The Morgan fingerprint density at radius 2 is 1.78 bits per heavy atom. The Labute approximate surface area is 161 Å². The van der Waals surface area contributed by atoms with Crippen molar-refractivity contribution in [2.24, 2.45) is 5.92 Å². The van der Waals surface area contributed by atoms with E-state index in [2.05, 4.69) is 73.7 Å². The summed E-state index contributed by atoms with van der Waals surface area (Å²) in [6.45, 7) is 6.91. The molecule has 1 N–H and O–H groups in total. The molecule has 1 heterocycles. The van der Waals surface area contributed by atoms with Gasteiger partial charge in [0, 0.05) is 17.8 Å². The third-order valence-electron chi connectivity index (χ3n) is 5.02. The minimum Gasteiger partial charge on any atom is -0.352 e. The minimum absolute atomic E-state index is 0.132. The van der Waals surface area contributed by atoms with Gasteiger partial charge in [-0.05, 0) is 49.6 Å². The summed E-state index contributed by atoms with van der Waals surface area (Å²) in [5.74, 6) is 0.308. The van der Waals surface area contributed by atoms with Crippen LogP contribution in [0.25, 0.3) is 16.6 Å². The molecule has 2 aromatic carbocycles. The first kappa shape index (κ1) is 19.2. The quantitative estimate of drug-likeness (QED) is 0.600. The number of benzene rings is 2. The van der Waals surface area contributed by atoms with E-state index in [1.165, 1.54) is 5.56 Å². The number of aromatic nitrogens is 2. The molecule has 142 valence electrons. The molecule has 0 atom stereocenters. The van der Waals surface area contributed by atoms with Crippen molar-refractivity contribution in [3.8, 4) is 5.69 Å². The first-order chi connectivity index (χ1) is 13.1. The van der Waals surface area contributed by atoms with Gasteiger partial charge in [-0.2, -0.15) is 5.10 Å². The number of rotatable bonds is 8. The Balaban J connectivity index is 1.72. The lowest BCUT2D eigenvalue weighted by molar-refractivity contribution is -0.125. The summed E-state index contributed by atoms with van der Waals surface area (Å²) >= 11 is 0. The van der Waals surface area contributed by atoms with Crippen LogP contribution in [0.1, 0.15) is 50.7 Å². The van der Waals surface area contributed by atoms with Crippen LogP contribution < -0.4 is 5.32 Å². The van der Waals surface area contributed by atoms with Crippen molar-refractivity contribution in [3.05, 3.63) is 59.8 Å². The maximum absolute atomic E-state index is 12.4. The van der Waals surface area contributed by atoms with Crippen LogP contribution in [0.15, 0.2) is 48.7 Å². The summed E-state index contributed by atoms with van der Waals surface area (Å²) in [5.41, 5.74) is 4.46. The molecule has 0 radical (unpaired) electrons. The van der Waals surface area contributed by atoms with Crippen molar-refractivity contribution in [3.63, 3.8) is 0 Å². The Bertz CT molecular complexity index is 890. The fourth-order valence-corrected chi connectivity index (χ4v) is 3.52. The Kier molecular flexibility index (Phi) is 6.28. The fraction of sp³-hybridized carbons (Fsp3) is 0.391. The summed E-state index contributed by atoms with van der Waals surface area (Å²) in [4.78, 5) is 12.4. The monoisotopic (exact) mass is 363 g/mol. The average Bonchev–Trinajstić information content (AvgIpc) is 3.10. The Morgan fingerprint density at radius 1 is 1.07 bits per heavy atom. The second kappa shape index (κ2) is 8.85. The minimum atomic E-state index is 0.132. The molecule has 1 amide bonds. The van der Waals surface area contributed by atoms with Crippen LogP contribution in [0.5, 0.6) is 0 Å². The molecule has 0 aliphatic rings. The highest BCUT2D eigenvalue weighted by molar-refractivity contribution is 5.82. The smallest absolute Gasteiger partial charge is 0.223 e. The summed E-state index contributed by atoms with van der Waals surface area (Å²) in [6.07, 6.45) is 5.89. The van der Waals surface area contributed by atoms with Crippen LogP contribution in [-0.2, 0) is 11.3 Å². The summed E-state index contributed by atoms with van der Waals surface area (Å²) in [6, 6.07) is 14.6. The maximum atomic E-state index is 12.4. The maximum Gasteiger partial charge on any atom is 0.223 e. The van der Waals surface area contributed by atoms with Gasteiger partial charge in [0.1, 0.15) is 0 Å². The summed E-state index contributed by atoms with van der Waals surface area (Å²) in [7, 11) is 0. The lowest BCUT2D eigenvalue weighted by atomic mass is 9.97. The van der Waals surface area contributed by atoms with Gasteiger partial charge in [-0.1, -0.05) is 50.5 Å². The van der Waals surface area contributed by atoms with Gasteiger partial charge in [-0.3, -0.25) is 4.79 Å². The zero-order valence-corrected chi connectivity index (χ0v) is 16.5. The lowest BCUT2D eigenvalue weighted by Crippen LogP contribution is -2.30. The van der Waals surface area contributed by atoms with Crippen LogP contribution in [0.2, 0.25) is 0 Å². The van der Waals surface area contributed by atoms with E-state index in [9.17, 15) is 4.79 Å². The van der Waals surface area contributed by atoms with E-state index in [1.807, 2.05) is 10.9 Å². The number of nitrogens with zero attached hydrogens (tertiary/aromatic N) is 2. The summed E-state index contributed by atoms with van der Waals surface area (Å²) < 4.78 is 1.95. The topological polar surface area (TPSA) is 46.9 Å². The molecule has 3 aromatic rings. The highest BCUT2D eigenvalue weighted by Crippen LogP contribution is 2.20. The van der Waals surface area contributed by atoms with Crippen LogP contribution in [0.3, 0.4) is 0 Å². The normalized spacial score (nSPS) is 11.3. The molecular formula is C23H29N3O. The lowest BCUT2D eigenvalue weighted by Gasteiger charge is -2.15. The number of nitrogens with one attached hydrogen (secondary N) is 1. The van der Waals surface area contributed by atoms with Crippen molar-refractivity contribution >= 4 is 16.8 Å². The van der Waals surface area contributed by atoms with Gasteiger partial charge in [-0.15, -0.1) is 0 Å². The van der Waals surface area contributed by atoms with Gasteiger partial charge >= 0.3 is 0 Å². The molecule has 0 aliphatic carbocycles. The second-order valence-electron chi connectivity index (χ2n) is 7.28. The molecule has 1 aromatic heterocycles. The van der Waals surface area contributed by atoms with Crippen LogP contribution in [-0.4, -0.2) is 15.7 Å². The molecule has 27 heavy (non-hydrogen) atoms. The van der Waals surface area contributed by atoms with Gasteiger partial charge < -0.3 is 5.32 Å². The van der Waals surface area contributed by atoms with Crippen molar-refractivity contribution in [1.29, 1.82) is 0 Å². The molecule has 0 saturated carbocycles. The number of carbonyl (C=O) groups excluding carboxylic acids is 1. The average molecular weight is 364 g/mol. The molecule has 0 aliphatic heterocycles. The fourth-order valence-electron chi connectivity index (χ4n) is 3.52. The van der Waals surface area contributed by atoms with E-state index in [1.54, 1.807) is 0 Å². The zero-order chi connectivity index (χ0) is 19.2. The second-order valence-corrected chi connectivity index (χ2v) is 7.28. The van der Waals surface area contributed by atoms with Crippen molar-refractivity contribution < 1.29 is 4.79 Å². The van der Waals surface area contributed by atoms with Crippen molar-refractivity contribution in [2.75, 3.05) is 0 Å².